The van der Waals surface area contributed by atoms with Crippen LogP contribution in [0.4, 0.5) is 4.39 Å². The van der Waals surface area contributed by atoms with Crippen LogP contribution in [0, 0.1) is 5.82 Å². The lowest BCUT2D eigenvalue weighted by Crippen LogP contribution is -1.99. The van der Waals surface area contributed by atoms with Gasteiger partial charge in [-0.25, -0.2) is 9.18 Å². The number of carbonyl (C=O) groups is 1. The maximum Gasteiger partial charge on any atom is 0.332 e. The second kappa shape index (κ2) is 4.19. The first-order chi connectivity index (χ1) is 6.52. The van der Waals surface area contributed by atoms with Crippen molar-refractivity contribution in [2.24, 2.45) is 0 Å². The van der Waals surface area contributed by atoms with Crippen LogP contribution in [0.25, 0.3) is 5.03 Å². The van der Waals surface area contributed by atoms with Gasteiger partial charge in [-0.1, -0.05) is 11.6 Å². The maximum atomic E-state index is 12.5. The molecule has 1 aromatic rings. The first-order valence-corrected chi connectivity index (χ1v) is 4.11. The number of hydrogen-bond donors (Lipinski definition) is 1. The predicted octanol–water partition coefficient (Wildman–Crippen LogP) is 2.28. The third kappa shape index (κ3) is 2.29. The molecule has 0 saturated carbocycles. The van der Waals surface area contributed by atoms with Crippen molar-refractivity contribution in [1.82, 2.24) is 4.98 Å². The Hall–Kier alpha value is -1.42. The summed E-state index contributed by atoms with van der Waals surface area (Å²) in [5.41, 5.74) is 0.221. The molecular formula is C9H7ClFNO2. The first-order valence-electron chi connectivity index (χ1n) is 3.74. The maximum absolute atomic E-state index is 12.5. The van der Waals surface area contributed by atoms with Gasteiger partial charge >= 0.3 is 5.97 Å². The van der Waals surface area contributed by atoms with Crippen molar-refractivity contribution in [2.75, 3.05) is 0 Å². The second-order valence-electron chi connectivity index (χ2n) is 2.61. The highest BCUT2D eigenvalue weighted by Gasteiger charge is 2.10. The normalized spacial score (nSPS) is 12.2. The highest BCUT2D eigenvalue weighted by molar-refractivity contribution is 6.50. The Kier molecular flexibility index (Phi) is 3.19. The summed E-state index contributed by atoms with van der Waals surface area (Å²) in [6, 6.07) is 2.49. The number of aromatic nitrogens is 1. The zero-order valence-electron chi connectivity index (χ0n) is 7.29. The third-order valence-corrected chi connectivity index (χ3v) is 2.08. The van der Waals surface area contributed by atoms with Gasteiger partial charge in [0.2, 0.25) is 0 Å². The molecule has 0 saturated heterocycles. The van der Waals surface area contributed by atoms with Gasteiger partial charge in [-0.3, -0.25) is 4.98 Å². The molecule has 5 heteroatoms. The van der Waals surface area contributed by atoms with Crippen molar-refractivity contribution in [3.63, 3.8) is 0 Å². The van der Waals surface area contributed by atoms with Crippen LogP contribution in [0.2, 0.25) is 0 Å². The van der Waals surface area contributed by atoms with E-state index in [0.717, 1.165) is 6.20 Å². The number of hydrogen-bond acceptors (Lipinski definition) is 2. The number of carboxylic acids is 1. The zero-order valence-corrected chi connectivity index (χ0v) is 8.05. The predicted molar refractivity (Wildman–Crippen MR) is 50.3 cm³/mol. The number of rotatable bonds is 2. The molecule has 0 aliphatic rings. The highest BCUT2D eigenvalue weighted by Crippen LogP contribution is 2.20. The monoisotopic (exact) mass is 215 g/mol. The van der Waals surface area contributed by atoms with E-state index in [4.69, 9.17) is 16.7 Å². The lowest BCUT2D eigenvalue weighted by Gasteiger charge is -2.00. The van der Waals surface area contributed by atoms with E-state index in [1.165, 1.54) is 19.1 Å². The molecule has 1 N–H and O–H groups in total. The van der Waals surface area contributed by atoms with E-state index in [1.54, 1.807) is 0 Å². The van der Waals surface area contributed by atoms with Crippen molar-refractivity contribution in [3.05, 3.63) is 35.4 Å². The van der Waals surface area contributed by atoms with Crippen LogP contribution >= 0.6 is 11.6 Å². The molecule has 1 aromatic heterocycles. The van der Waals surface area contributed by atoms with Crippen LogP contribution in [0.5, 0.6) is 0 Å². The van der Waals surface area contributed by atoms with Crippen LogP contribution in [0.1, 0.15) is 12.6 Å². The summed E-state index contributed by atoms with van der Waals surface area (Å²) in [6.45, 7) is 1.36. The number of carboxylic acid groups (broad SMARTS) is 1. The summed E-state index contributed by atoms with van der Waals surface area (Å²) in [7, 11) is 0. The molecular weight excluding hydrogens is 209 g/mol. The van der Waals surface area contributed by atoms with Crippen LogP contribution < -0.4 is 0 Å². The van der Waals surface area contributed by atoms with Crippen LogP contribution in [-0.4, -0.2) is 16.1 Å². The molecule has 0 atom stereocenters. The van der Waals surface area contributed by atoms with E-state index in [2.05, 4.69) is 4.98 Å². The standard InChI is InChI=1S/C9H7ClFNO2/c1-5(9(13)14)8(10)7-3-2-6(11)4-12-7/h2-4H,1H3,(H,13,14)/b8-5-. The smallest absolute Gasteiger partial charge is 0.332 e. The average Bonchev–Trinajstić information content (AvgIpc) is 2.16. The lowest BCUT2D eigenvalue weighted by atomic mass is 10.2. The van der Waals surface area contributed by atoms with E-state index < -0.39 is 11.8 Å². The highest BCUT2D eigenvalue weighted by atomic mass is 35.5. The molecule has 0 unspecified atom stereocenters. The Bertz CT molecular complexity index is 386. The molecule has 0 radical (unpaired) electrons. The second-order valence-corrected chi connectivity index (χ2v) is 2.98. The van der Waals surface area contributed by atoms with Gasteiger partial charge in [0.05, 0.1) is 22.5 Å². The summed E-state index contributed by atoms with van der Waals surface area (Å²) in [4.78, 5) is 14.2. The van der Waals surface area contributed by atoms with Gasteiger partial charge in [-0.05, 0) is 19.1 Å². The molecule has 0 aliphatic carbocycles. The summed E-state index contributed by atoms with van der Waals surface area (Å²) in [5, 5.41) is 8.64. The summed E-state index contributed by atoms with van der Waals surface area (Å²) < 4.78 is 12.5. The molecule has 0 fully saturated rings. The van der Waals surface area contributed by atoms with E-state index in [1.807, 2.05) is 0 Å². The number of nitrogens with zero attached hydrogens (tertiary/aromatic N) is 1. The topological polar surface area (TPSA) is 50.2 Å². The van der Waals surface area contributed by atoms with Crippen LogP contribution in [-0.2, 0) is 4.79 Å². The van der Waals surface area contributed by atoms with E-state index in [9.17, 15) is 9.18 Å². The van der Waals surface area contributed by atoms with Crippen molar-refractivity contribution in [3.8, 4) is 0 Å². The molecule has 1 rings (SSSR count). The largest absolute Gasteiger partial charge is 0.478 e. The number of pyridine rings is 1. The molecule has 0 aromatic carbocycles. The minimum absolute atomic E-state index is 0.0116. The first kappa shape index (κ1) is 10.7. The van der Waals surface area contributed by atoms with Gasteiger partial charge in [-0.15, -0.1) is 0 Å². The Morgan fingerprint density at radius 3 is 2.64 bits per heavy atom. The van der Waals surface area contributed by atoms with E-state index in [-0.39, 0.29) is 16.3 Å². The summed E-state index contributed by atoms with van der Waals surface area (Å²) >= 11 is 5.72. The minimum atomic E-state index is -1.12. The molecule has 0 spiro atoms. The molecule has 14 heavy (non-hydrogen) atoms. The van der Waals surface area contributed by atoms with Crippen molar-refractivity contribution < 1.29 is 14.3 Å². The zero-order chi connectivity index (χ0) is 10.7. The van der Waals surface area contributed by atoms with Gasteiger partial charge in [0.1, 0.15) is 5.82 Å². The molecule has 3 nitrogen and oxygen atoms in total. The molecule has 1 heterocycles. The fraction of sp³-hybridized carbons (Fsp3) is 0.111. The fourth-order valence-corrected chi connectivity index (χ4v) is 0.984. The Morgan fingerprint density at radius 1 is 1.57 bits per heavy atom. The Balaban J connectivity index is 3.12. The van der Waals surface area contributed by atoms with E-state index in [0.29, 0.717) is 0 Å². The quantitative estimate of drug-likeness (QED) is 0.770. The van der Waals surface area contributed by atoms with Gasteiger partial charge in [0.15, 0.2) is 0 Å². The molecule has 0 amide bonds. The number of aliphatic carboxylic acids is 1. The van der Waals surface area contributed by atoms with Gasteiger partial charge in [0.25, 0.3) is 0 Å². The lowest BCUT2D eigenvalue weighted by molar-refractivity contribution is -0.132. The SMILES string of the molecule is C/C(C(=O)O)=C(/Cl)c1ccc(F)cn1. The van der Waals surface area contributed by atoms with Crippen molar-refractivity contribution >= 4 is 22.6 Å². The Morgan fingerprint density at radius 2 is 2.21 bits per heavy atom. The molecule has 0 bridgehead atoms. The van der Waals surface area contributed by atoms with E-state index >= 15 is 0 Å². The Labute approximate surface area is 84.8 Å². The average molecular weight is 216 g/mol. The third-order valence-electron chi connectivity index (χ3n) is 1.60. The van der Waals surface area contributed by atoms with Crippen molar-refractivity contribution in [2.45, 2.75) is 6.92 Å². The van der Waals surface area contributed by atoms with Crippen molar-refractivity contribution in [1.29, 1.82) is 0 Å². The number of halogens is 2. The minimum Gasteiger partial charge on any atom is -0.478 e. The molecule has 74 valence electrons. The van der Waals surface area contributed by atoms with Gasteiger partial charge < -0.3 is 5.11 Å². The summed E-state index contributed by atoms with van der Waals surface area (Å²) in [5.74, 6) is -1.62. The fourth-order valence-electron chi connectivity index (χ4n) is 0.792. The van der Waals surface area contributed by atoms with Crippen LogP contribution in [0.15, 0.2) is 23.9 Å². The summed E-state index contributed by atoms with van der Waals surface area (Å²) in [6.07, 6.45) is 0.979. The van der Waals surface area contributed by atoms with Crippen LogP contribution in [0.3, 0.4) is 0 Å². The van der Waals surface area contributed by atoms with Gasteiger partial charge in [0, 0.05) is 0 Å². The van der Waals surface area contributed by atoms with Gasteiger partial charge in [-0.2, -0.15) is 0 Å². The molecule has 0 aliphatic heterocycles.